The lowest BCUT2D eigenvalue weighted by atomic mass is 9.88. The number of para-hydroxylation sites is 4. The predicted octanol–water partition coefficient (Wildman–Crippen LogP) is 22.9. The highest BCUT2D eigenvalue weighted by molar-refractivity contribution is 6.33. The van der Waals surface area contributed by atoms with Gasteiger partial charge < -0.3 is 19.6 Å². The highest BCUT2D eigenvalue weighted by Crippen LogP contribution is 2.57. The molecule has 0 bridgehead atoms. The minimum atomic E-state index is 0.782. The number of aromatic nitrogens is 4. The molecule has 0 radical (unpaired) electrons. The fourth-order valence-electron chi connectivity index (χ4n) is 14.3. The predicted molar refractivity (Wildman–Crippen MR) is 388 cm³/mol. The standard InChI is InChI=1S/C84H66N8/c1-5-55-37-41-59-25-21-49-85-77(59)81(55)89(63-29-13-9-14-30-63)71-53-72(90(64-31-15-10-16-32-64)82-56(6-2)38-42-60-26-22-50-86-78(60)82)68-47-48-70-74(92(66-35-19-12-20-36-66)84-58(8-4)40-44-62-28-24-52-88-80(62)84)54-73(69-46-45-67(71)75(68)76(69)70)91(65-33-17-11-18-34-65)83-57(7-3)39-43-61-27-23-51-87-79(61)83/h9-54H,5-8H2,1-4H3. The van der Waals surface area contributed by atoms with E-state index in [1.54, 1.807) is 0 Å². The van der Waals surface area contributed by atoms with Crippen LogP contribution in [-0.4, -0.2) is 19.9 Å². The zero-order valence-electron chi connectivity index (χ0n) is 52.0. The average molecular weight is 1190 g/mol. The van der Waals surface area contributed by atoms with Crippen LogP contribution in [0.5, 0.6) is 0 Å². The Kier molecular flexibility index (Phi) is 14.2. The third kappa shape index (κ3) is 9.20. The van der Waals surface area contributed by atoms with Crippen LogP contribution < -0.4 is 19.6 Å². The van der Waals surface area contributed by atoms with Gasteiger partial charge in [0.05, 0.1) is 67.6 Å². The summed E-state index contributed by atoms with van der Waals surface area (Å²) < 4.78 is 0. The van der Waals surface area contributed by atoms with E-state index in [-0.39, 0.29) is 0 Å². The number of benzene rings is 12. The van der Waals surface area contributed by atoms with Gasteiger partial charge in [0.1, 0.15) is 0 Å². The summed E-state index contributed by atoms with van der Waals surface area (Å²) >= 11 is 0. The van der Waals surface area contributed by atoms with Crippen LogP contribution >= 0.6 is 0 Å². The van der Waals surface area contributed by atoms with Gasteiger partial charge in [-0.3, -0.25) is 19.9 Å². The van der Waals surface area contributed by atoms with Gasteiger partial charge in [-0.1, -0.05) is 198 Å². The molecule has 4 aromatic heterocycles. The molecule has 0 N–H and O–H groups in total. The van der Waals surface area contributed by atoms with Crippen molar-refractivity contribution >= 4 is 144 Å². The van der Waals surface area contributed by atoms with E-state index in [1.807, 2.05) is 49.1 Å². The summed E-state index contributed by atoms with van der Waals surface area (Å²) in [6, 6.07) is 93.2. The molecule has 16 aromatic rings. The number of fused-ring (bicyclic) bond motifs is 4. The first-order valence-electron chi connectivity index (χ1n) is 32.2. The molecule has 8 nitrogen and oxygen atoms in total. The van der Waals surface area contributed by atoms with E-state index in [0.29, 0.717) is 0 Å². The molecule has 0 aliphatic carbocycles. The molecule has 0 aliphatic rings. The van der Waals surface area contributed by atoms with E-state index >= 15 is 0 Å². The maximum atomic E-state index is 5.30. The van der Waals surface area contributed by atoms with Gasteiger partial charge in [-0.25, -0.2) is 0 Å². The number of aryl methyl sites for hydroxylation is 4. The van der Waals surface area contributed by atoms with E-state index < -0.39 is 0 Å². The van der Waals surface area contributed by atoms with Crippen LogP contribution in [0.15, 0.2) is 280 Å². The molecule has 442 valence electrons. The fourth-order valence-corrected chi connectivity index (χ4v) is 14.3. The molecular formula is C84H66N8. The van der Waals surface area contributed by atoms with Crippen molar-refractivity contribution in [3.05, 3.63) is 302 Å². The van der Waals surface area contributed by atoms with Crippen molar-refractivity contribution in [1.29, 1.82) is 0 Å². The molecule has 12 aromatic carbocycles. The fraction of sp³-hybridized carbons (Fsp3) is 0.0952. The Morgan fingerprint density at radius 1 is 0.239 bits per heavy atom. The second-order valence-corrected chi connectivity index (χ2v) is 23.6. The van der Waals surface area contributed by atoms with E-state index in [2.05, 4.69) is 278 Å². The van der Waals surface area contributed by atoms with Crippen molar-refractivity contribution in [3.8, 4) is 0 Å². The van der Waals surface area contributed by atoms with E-state index in [0.717, 1.165) is 170 Å². The lowest BCUT2D eigenvalue weighted by Crippen LogP contribution is -2.18. The lowest BCUT2D eigenvalue weighted by Gasteiger charge is -2.36. The van der Waals surface area contributed by atoms with Gasteiger partial charge in [-0.2, -0.15) is 0 Å². The summed E-state index contributed by atoms with van der Waals surface area (Å²) in [5, 5.41) is 10.9. The monoisotopic (exact) mass is 1190 g/mol. The number of pyridine rings is 4. The normalized spacial score (nSPS) is 11.7. The minimum absolute atomic E-state index is 0.782. The van der Waals surface area contributed by atoms with Gasteiger partial charge in [-0.15, -0.1) is 0 Å². The molecule has 0 amide bonds. The molecule has 92 heavy (non-hydrogen) atoms. The van der Waals surface area contributed by atoms with E-state index in [9.17, 15) is 0 Å². The first-order valence-corrected chi connectivity index (χ1v) is 32.2. The molecule has 4 heterocycles. The van der Waals surface area contributed by atoms with Crippen LogP contribution in [0.3, 0.4) is 0 Å². The second kappa shape index (κ2) is 23.5. The van der Waals surface area contributed by atoms with Gasteiger partial charge in [-0.05, 0) is 133 Å². The Balaban J connectivity index is 1.16. The lowest BCUT2D eigenvalue weighted by molar-refractivity contribution is 1.11. The third-order valence-electron chi connectivity index (χ3n) is 18.6. The Bertz CT molecular complexity index is 4760. The molecule has 8 heteroatoms. The molecule has 0 unspecified atom stereocenters. The van der Waals surface area contributed by atoms with Gasteiger partial charge in [0.2, 0.25) is 0 Å². The van der Waals surface area contributed by atoms with Crippen molar-refractivity contribution in [2.45, 2.75) is 53.4 Å². The first kappa shape index (κ1) is 55.8. The Labute approximate surface area is 535 Å². The summed E-state index contributed by atoms with van der Waals surface area (Å²) in [6.07, 6.45) is 10.9. The van der Waals surface area contributed by atoms with Crippen molar-refractivity contribution in [2.24, 2.45) is 0 Å². The number of hydrogen-bond acceptors (Lipinski definition) is 8. The Hall–Kier alpha value is -11.5. The van der Waals surface area contributed by atoms with Gasteiger partial charge >= 0.3 is 0 Å². The quantitative estimate of drug-likeness (QED) is 0.0887. The van der Waals surface area contributed by atoms with Crippen LogP contribution in [0.25, 0.3) is 75.9 Å². The zero-order chi connectivity index (χ0) is 61.8. The van der Waals surface area contributed by atoms with E-state index in [1.165, 1.54) is 22.3 Å². The largest absolute Gasteiger partial charge is 0.307 e. The molecule has 0 saturated carbocycles. The highest BCUT2D eigenvalue weighted by Gasteiger charge is 2.33. The smallest absolute Gasteiger partial charge is 0.0945 e. The van der Waals surface area contributed by atoms with Crippen LogP contribution in [0.2, 0.25) is 0 Å². The van der Waals surface area contributed by atoms with E-state index in [4.69, 9.17) is 19.9 Å². The van der Waals surface area contributed by atoms with Crippen molar-refractivity contribution in [3.63, 3.8) is 0 Å². The molecule has 0 fully saturated rings. The van der Waals surface area contributed by atoms with Gasteiger partial charge in [0.25, 0.3) is 0 Å². The summed E-state index contributed by atoms with van der Waals surface area (Å²) in [5.41, 5.74) is 20.8. The van der Waals surface area contributed by atoms with Crippen LogP contribution in [0, 0.1) is 0 Å². The minimum Gasteiger partial charge on any atom is -0.307 e. The van der Waals surface area contributed by atoms with Crippen molar-refractivity contribution < 1.29 is 0 Å². The third-order valence-corrected chi connectivity index (χ3v) is 18.6. The van der Waals surface area contributed by atoms with Gasteiger partial charge in [0.15, 0.2) is 0 Å². The molecule has 0 saturated heterocycles. The number of rotatable bonds is 16. The number of anilines is 12. The topological polar surface area (TPSA) is 64.5 Å². The second-order valence-electron chi connectivity index (χ2n) is 23.6. The summed E-state index contributed by atoms with van der Waals surface area (Å²) in [5.74, 6) is 0. The van der Waals surface area contributed by atoms with Crippen molar-refractivity contribution in [1.82, 2.24) is 19.9 Å². The Morgan fingerprint density at radius 3 is 0.685 bits per heavy atom. The maximum absolute atomic E-state index is 5.30. The molecule has 16 rings (SSSR count). The van der Waals surface area contributed by atoms with Crippen LogP contribution in [0.4, 0.5) is 68.2 Å². The average Bonchev–Trinajstić information content (AvgIpc) is 0.699. The summed E-state index contributed by atoms with van der Waals surface area (Å²) in [4.78, 5) is 31.2. The zero-order valence-corrected chi connectivity index (χ0v) is 52.0. The van der Waals surface area contributed by atoms with Crippen LogP contribution in [0.1, 0.15) is 49.9 Å². The number of nitrogens with zero attached hydrogens (tertiary/aromatic N) is 8. The first-order chi connectivity index (χ1) is 45.5. The van der Waals surface area contributed by atoms with Gasteiger partial charge in [0, 0.05) is 101 Å². The maximum Gasteiger partial charge on any atom is 0.0945 e. The van der Waals surface area contributed by atoms with Crippen LogP contribution in [-0.2, 0) is 25.7 Å². The molecule has 0 spiro atoms. The Morgan fingerprint density at radius 2 is 0.467 bits per heavy atom. The summed E-state index contributed by atoms with van der Waals surface area (Å²) in [6.45, 7) is 9.03. The highest BCUT2D eigenvalue weighted by atomic mass is 15.2. The molecular weight excluding hydrogens is 1120 g/mol. The SMILES string of the molecule is CCc1ccc2cccnc2c1N(c1ccccc1)c1cc(N(c2ccccc2)c2c(CC)ccc3cccnc23)c2ccc3c(N(c4ccccc4)c4c(CC)ccc5cccnc45)cc(N(c4ccccc4)c4c(CC)ccc5cccnc45)c4ccc1c2c43. The molecule has 0 aliphatic heterocycles. The number of hydrogen-bond donors (Lipinski definition) is 0. The molecule has 0 atom stereocenters. The van der Waals surface area contributed by atoms with Crippen molar-refractivity contribution in [2.75, 3.05) is 19.6 Å². The summed E-state index contributed by atoms with van der Waals surface area (Å²) in [7, 11) is 0.